The number of thioether (sulfide) groups is 1. The van der Waals surface area contributed by atoms with Crippen molar-refractivity contribution in [3.8, 4) is 0 Å². The molecular weight excluding hydrogens is 266 g/mol. The lowest BCUT2D eigenvalue weighted by Gasteiger charge is -2.09. The van der Waals surface area contributed by atoms with E-state index in [1.54, 1.807) is 30.5 Å². The number of halogens is 2. The molecular formula is C14H14F2N2S. The van der Waals surface area contributed by atoms with Gasteiger partial charge in [0.25, 0.3) is 5.76 Å². The lowest BCUT2D eigenvalue weighted by atomic mass is 10.1. The van der Waals surface area contributed by atoms with Crippen LogP contribution in [0.4, 0.5) is 14.5 Å². The molecule has 1 N–H and O–H groups in total. The van der Waals surface area contributed by atoms with Crippen molar-refractivity contribution < 1.29 is 8.78 Å². The highest BCUT2D eigenvalue weighted by Crippen LogP contribution is 2.26. The molecule has 0 aliphatic carbocycles. The van der Waals surface area contributed by atoms with Gasteiger partial charge in [-0.05, 0) is 48.4 Å². The van der Waals surface area contributed by atoms with E-state index in [9.17, 15) is 8.78 Å². The van der Waals surface area contributed by atoms with Gasteiger partial charge in [-0.2, -0.15) is 8.78 Å². The van der Waals surface area contributed by atoms with Crippen LogP contribution in [0.5, 0.6) is 0 Å². The van der Waals surface area contributed by atoms with Gasteiger partial charge in [0.2, 0.25) is 0 Å². The first-order valence-corrected chi connectivity index (χ1v) is 6.71. The van der Waals surface area contributed by atoms with Gasteiger partial charge in [-0.1, -0.05) is 11.8 Å². The summed E-state index contributed by atoms with van der Waals surface area (Å²) in [7, 11) is 0. The first kappa shape index (κ1) is 13.8. The van der Waals surface area contributed by atoms with Crippen LogP contribution < -0.4 is 5.32 Å². The van der Waals surface area contributed by atoms with Crippen molar-refractivity contribution in [1.82, 2.24) is 4.98 Å². The molecule has 0 bridgehead atoms. The van der Waals surface area contributed by atoms with Crippen molar-refractivity contribution >= 4 is 17.4 Å². The van der Waals surface area contributed by atoms with Crippen molar-refractivity contribution in [3.05, 3.63) is 53.9 Å². The van der Waals surface area contributed by atoms with E-state index in [0.717, 1.165) is 11.3 Å². The average molecular weight is 280 g/mol. The third-order valence-electron chi connectivity index (χ3n) is 2.71. The highest BCUT2D eigenvalue weighted by Gasteiger charge is 2.04. The normalized spacial score (nSPS) is 10.7. The largest absolute Gasteiger partial charge is 0.381 e. The predicted octanol–water partition coefficient (Wildman–Crippen LogP) is 4.32. The number of hydrogen-bond acceptors (Lipinski definition) is 3. The number of pyridine rings is 1. The minimum Gasteiger partial charge on any atom is -0.381 e. The Morgan fingerprint density at radius 3 is 2.58 bits per heavy atom. The van der Waals surface area contributed by atoms with E-state index in [-0.39, 0.29) is 0 Å². The molecule has 5 heteroatoms. The van der Waals surface area contributed by atoms with Gasteiger partial charge < -0.3 is 5.32 Å². The van der Waals surface area contributed by atoms with E-state index in [1.807, 2.05) is 19.2 Å². The first-order chi connectivity index (χ1) is 9.15. The Balaban J connectivity index is 1.95. The smallest absolute Gasteiger partial charge is 0.288 e. The summed E-state index contributed by atoms with van der Waals surface area (Å²) in [4.78, 5) is 4.65. The minimum atomic E-state index is -2.38. The van der Waals surface area contributed by atoms with Gasteiger partial charge in [0.05, 0.1) is 0 Å². The molecule has 100 valence electrons. The summed E-state index contributed by atoms with van der Waals surface area (Å²) in [5.74, 6) is -2.38. The molecule has 0 aliphatic rings. The highest BCUT2D eigenvalue weighted by atomic mass is 32.2. The monoisotopic (exact) mass is 280 g/mol. The zero-order valence-electron chi connectivity index (χ0n) is 10.4. The summed E-state index contributed by atoms with van der Waals surface area (Å²) in [5.41, 5.74) is 3.20. The van der Waals surface area contributed by atoms with Crippen LogP contribution in [-0.4, -0.2) is 10.7 Å². The van der Waals surface area contributed by atoms with Crippen LogP contribution in [0.2, 0.25) is 0 Å². The number of rotatable bonds is 5. The van der Waals surface area contributed by atoms with Crippen molar-refractivity contribution in [1.29, 1.82) is 0 Å². The van der Waals surface area contributed by atoms with E-state index in [1.165, 1.54) is 5.56 Å². The summed E-state index contributed by atoms with van der Waals surface area (Å²) >= 11 is 0.553. The molecule has 0 amide bonds. The Morgan fingerprint density at radius 1 is 1.21 bits per heavy atom. The molecule has 0 aliphatic heterocycles. The molecule has 2 rings (SSSR count). The fourth-order valence-electron chi connectivity index (χ4n) is 1.63. The van der Waals surface area contributed by atoms with Crippen molar-refractivity contribution in [2.45, 2.75) is 24.1 Å². The van der Waals surface area contributed by atoms with E-state index in [2.05, 4.69) is 10.3 Å². The zero-order chi connectivity index (χ0) is 13.7. The van der Waals surface area contributed by atoms with Crippen molar-refractivity contribution in [3.63, 3.8) is 0 Å². The number of hydrogen-bond donors (Lipinski definition) is 1. The van der Waals surface area contributed by atoms with Gasteiger partial charge in [0, 0.05) is 29.5 Å². The van der Waals surface area contributed by atoms with Crippen LogP contribution in [0.25, 0.3) is 0 Å². The maximum absolute atomic E-state index is 12.2. The van der Waals surface area contributed by atoms with Crippen LogP contribution in [0.3, 0.4) is 0 Å². The molecule has 2 aromatic rings. The van der Waals surface area contributed by atoms with Crippen molar-refractivity contribution in [2.75, 3.05) is 5.32 Å². The van der Waals surface area contributed by atoms with Crippen LogP contribution in [0.15, 0.2) is 47.6 Å². The van der Waals surface area contributed by atoms with Crippen molar-refractivity contribution in [2.24, 2.45) is 0 Å². The third kappa shape index (κ3) is 4.21. The summed E-state index contributed by atoms with van der Waals surface area (Å²) in [6.07, 6.45) is 3.58. The Morgan fingerprint density at radius 2 is 1.95 bits per heavy atom. The van der Waals surface area contributed by atoms with Crippen LogP contribution in [-0.2, 0) is 6.54 Å². The molecule has 0 saturated carbocycles. The topological polar surface area (TPSA) is 24.9 Å². The molecule has 2 nitrogen and oxygen atoms in total. The van der Waals surface area contributed by atoms with Crippen LogP contribution >= 0.6 is 11.8 Å². The molecule has 0 saturated heterocycles. The zero-order valence-corrected chi connectivity index (χ0v) is 11.3. The second-order valence-electron chi connectivity index (χ2n) is 4.06. The number of anilines is 1. The standard InChI is InChI=1S/C14H14F2N2S/c1-10-6-7-17-8-11(10)9-18-12-2-4-13(5-3-12)19-14(15)16/h2-8,14,18H,9H2,1H3. The lowest BCUT2D eigenvalue weighted by molar-refractivity contribution is 0.252. The van der Waals surface area contributed by atoms with Gasteiger partial charge in [-0.15, -0.1) is 0 Å². The maximum Gasteiger partial charge on any atom is 0.288 e. The molecule has 0 atom stereocenters. The summed E-state index contributed by atoms with van der Waals surface area (Å²) in [6, 6.07) is 8.94. The predicted molar refractivity (Wildman–Crippen MR) is 74.6 cm³/mol. The first-order valence-electron chi connectivity index (χ1n) is 5.83. The van der Waals surface area contributed by atoms with Crippen LogP contribution in [0, 0.1) is 6.92 Å². The van der Waals surface area contributed by atoms with E-state index < -0.39 is 5.76 Å². The maximum atomic E-state index is 12.2. The quantitative estimate of drug-likeness (QED) is 0.826. The fraction of sp³-hybridized carbons (Fsp3) is 0.214. The summed E-state index contributed by atoms with van der Waals surface area (Å²) < 4.78 is 24.4. The molecule has 0 spiro atoms. The number of benzene rings is 1. The summed E-state index contributed by atoms with van der Waals surface area (Å²) in [5, 5.41) is 3.25. The number of aryl methyl sites for hydroxylation is 1. The molecule has 19 heavy (non-hydrogen) atoms. The second-order valence-corrected chi connectivity index (χ2v) is 5.12. The Kier molecular flexibility index (Phi) is 4.74. The minimum absolute atomic E-state index is 0.553. The average Bonchev–Trinajstić information content (AvgIpc) is 2.39. The number of aromatic nitrogens is 1. The van der Waals surface area contributed by atoms with E-state index in [4.69, 9.17) is 0 Å². The Hall–Kier alpha value is -1.62. The molecule has 0 unspecified atom stereocenters. The Bertz CT molecular complexity index is 529. The number of nitrogens with zero attached hydrogens (tertiary/aromatic N) is 1. The second kappa shape index (κ2) is 6.52. The summed E-state index contributed by atoms with van der Waals surface area (Å²) in [6.45, 7) is 2.70. The number of alkyl halides is 2. The van der Waals surface area contributed by atoms with E-state index >= 15 is 0 Å². The SMILES string of the molecule is Cc1ccncc1CNc1ccc(SC(F)F)cc1. The third-order valence-corrected chi connectivity index (χ3v) is 3.43. The lowest BCUT2D eigenvalue weighted by Crippen LogP contribution is -2.01. The van der Waals surface area contributed by atoms with E-state index in [0.29, 0.717) is 23.2 Å². The van der Waals surface area contributed by atoms with Gasteiger partial charge in [-0.3, -0.25) is 4.98 Å². The van der Waals surface area contributed by atoms with Gasteiger partial charge >= 0.3 is 0 Å². The van der Waals surface area contributed by atoms with Crippen LogP contribution in [0.1, 0.15) is 11.1 Å². The molecule has 0 radical (unpaired) electrons. The Labute approximate surface area is 115 Å². The molecule has 1 aromatic heterocycles. The highest BCUT2D eigenvalue weighted by molar-refractivity contribution is 7.99. The fourth-order valence-corrected chi connectivity index (χ4v) is 2.13. The molecule has 1 aromatic carbocycles. The van der Waals surface area contributed by atoms with Gasteiger partial charge in [0.15, 0.2) is 0 Å². The van der Waals surface area contributed by atoms with Gasteiger partial charge in [0.1, 0.15) is 0 Å². The molecule has 1 heterocycles. The number of nitrogens with one attached hydrogen (secondary N) is 1. The van der Waals surface area contributed by atoms with Gasteiger partial charge in [-0.25, -0.2) is 0 Å². The molecule has 0 fully saturated rings.